The molecule has 0 aromatic heterocycles. The van der Waals surface area contributed by atoms with Crippen molar-refractivity contribution in [1.82, 2.24) is 10.2 Å². The zero-order valence-electron chi connectivity index (χ0n) is 17.2. The molecule has 2 amide bonds. The van der Waals surface area contributed by atoms with Gasteiger partial charge in [-0.05, 0) is 49.6 Å². The second-order valence-electron chi connectivity index (χ2n) is 7.64. The van der Waals surface area contributed by atoms with E-state index in [9.17, 15) is 9.59 Å². The van der Waals surface area contributed by atoms with Gasteiger partial charge in [-0.15, -0.1) is 0 Å². The fraction of sp³-hybridized carbons (Fsp3) is 0.391. The van der Waals surface area contributed by atoms with E-state index in [1.165, 1.54) is 4.90 Å². The smallest absolute Gasteiger partial charge is 0.261 e. The molecule has 0 bridgehead atoms. The molecule has 1 aliphatic carbocycles. The number of nitrogens with one attached hydrogen (secondary N) is 1. The Hall–Kier alpha value is -1.95. The number of rotatable bonds is 8. The maximum absolute atomic E-state index is 13.1. The molecule has 5 nitrogen and oxygen atoms in total. The van der Waals surface area contributed by atoms with Crippen molar-refractivity contribution < 1.29 is 14.3 Å². The highest BCUT2D eigenvalue weighted by atomic mass is 35.5. The van der Waals surface area contributed by atoms with Crippen LogP contribution in [-0.4, -0.2) is 35.4 Å². The molecule has 166 valence electrons. The summed E-state index contributed by atoms with van der Waals surface area (Å²) in [6.07, 6.45) is 4.15. The molecule has 0 aliphatic heterocycles. The van der Waals surface area contributed by atoms with Gasteiger partial charge in [0.2, 0.25) is 5.91 Å². The number of carbonyl (C=O) groups is 2. The van der Waals surface area contributed by atoms with Gasteiger partial charge in [0.25, 0.3) is 5.91 Å². The lowest BCUT2D eigenvalue weighted by Gasteiger charge is -2.30. The number of amides is 2. The first kappa shape index (κ1) is 23.7. The van der Waals surface area contributed by atoms with E-state index in [0.717, 1.165) is 31.2 Å². The number of ether oxygens (including phenoxy) is 1. The summed E-state index contributed by atoms with van der Waals surface area (Å²) in [5, 5.41) is 4.38. The number of benzene rings is 2. The largest absolute Gasteiger partial charge is 0.482 e. The van der Waals surface area contributed by atoms with E-state index in [2.05, 4.69) is 5.32 Å². The van der Waals surface area contributed by atoms with E-state index in [0.29, 0.717) is 20.8 Å². The van der Waals surface area contributed by atoms with Crippen molar-refractivity contribution in [1.29, 1.82) is 0 Å². The highest BCUT2D eigenvalue weighted by Crippen LogP contribution is 2.28. The van der Waals surface area contributed by atoms with Gasteiger partial charge in [-0.25, -0.2) is 0 Å². The number of nitrogens with zero attached hydrogens (tertiary/aromatic N) is 1. The summed E-state index contributed by atoms with van der Waals surface area (Å²) in [4.78, 5) is 27.5. The second kappa shape index (κ2) is 11.1. The Morgan fingerprint density at radius 2 is 1.81 bits per heavy atom. The third-order valence-corrected chi connectivity index (χ3v) is 6.31. The van der Waals surface area contributed by atoms with Crippen molar-refractivity contribution in [3.63, 3.8) is 0 Å². The predicted molar refractivity (Wildman–Crippen MR) is 124 cm³/mol. The van der Waals surface area contributed by atoms with Crippen LogP contribution >= 0.6 is 34.8 Å². The molecule has 0 heterocycles. The molecule has 0 radical (unpaired) electrons. The molecular weight excluding hydrogens is 459 g/mol. The average Bonchev–Trinajstić information content (AvgIpc) is 3.25. The van der Waals surface area contributed by atoms with Gasteiger partial charge in [-0.3, -0.25) is 9.59 Å². The maximum atomic E-state index is 13.1. The number of halogens is 3. The Morgan fingerprint density at radius 3 is 2.48 bits per heavy atom. The van der Waals surface area contributed by atoms with Gasteiger partial charge in [-0.1, -0.05) is 65.8 Å². The first-order chi connectivity index (χ1) is 14.8. The van der Waals surface area contributed by atoms with Crippen LogP contribution in [0.1, 0.15) is 38.2 Å². The zero-order chi connectivity index (χ0) is 22.4. The van der Waals surface area contributed by atoms with E-state index < -0.39 is 6.04 Å². The SMILES string of the molecule is CC(C(=O)NC1CCCC1)N(Cc1ccccc1Cl)C(=O)COc1ccc(Cl)cc1Cl. The lowest BCUT2D eigenvalue weighted by Crippen LogP contribution is -2.50. The second-order valence-corrected chi connectivity index (χ2v) is 8.89. The highest BCUT2D eigenvalue weighted by molar-refractivity contribution is 6.35. The van der Waals surface area contributed by atoms with Crippen LogP contribution in [-0.2, 0) is 16.1 Å². The summed E-state index contributed by atoms with van der Waals surface area (Å²) in [7, 11) is 0. The summed E-state index contributed by atoms with van der Waals surface area (Å²) in [5.41, 5.74) is 0.752. The van der Waals surface area contributed by atoms with Crippen LogP contribution in [0, 0.1) is 0 Å². The Bertz CT molecular complexity index is 932. The topological polar surface area (TPSA) is 58.6 Å². The van der Waals surface area contributed by atoms with E-state index in [1.807, 2.05) is 18.2 Å². The van der Waals surface area contributed by atoms with Crippen LogP contribution in [0.3, 0.4) is 0 Å². The Balaban J connectivity index is 1.74. The summed E-state index contributed by atoms with van der Waals surface area (Å²) < 4.78 is 5.62. The zero-order valence-corrected chi connectivity index (χ0v) is 19.5. The molecule has 1 aliphatic rings. The predicted octanol–water partition coefficient (Wildman–Crippen LogP) is 5.50. The lowest BCUT2D eigenvalue weighted by atomic mass is 10.1. The van der Waals surface area contributed by atoms with Crippen molar-refractivity contribution >= 4 is 46.6 Å². The maximum Gasteiger partial charge on any atom is 0.261 e. The number of hydrogen-bond acceptors (Lipinski definition) is 3. The van der Waals surface area contributed by atoms with Gasteiger partial charge < -0.3 is 15.0 Å². The quantitative estimate of drug-likeness (QED) is 0.539. The minimum atomic E-state index is -0.686. The van der Waals surface area contributed by atoms with Crippen molar-refractivity contribution in [3.8, 4) is 5.75 Å². The van der Waals surface area contributed by atoms with Crippen LogP contribution in [0.2, 0.25) is 15.1 Å². The van der Waals surface area contributed by atoms with Gasteiger partial charge in [-0.2, -0.15) is 0 Å². The van der Waals surface area contributed by atoms with Gasteiger partial charge >= 0.3 is 0 Å². The first-order valence-corrected chi connectivity index (χ1v) is 11.4. The average molecular weight is 484 g/mol. The minimum absolute atomic E-state index is 0.163. The third kappa shape index (κ3) is 6.52. The molecule has 2 aromatic rings. The molecular formula is C23H25Cl3N2O3. The number of carbonyl (C=O) groups excluding carboxylic acids is 2. The van der Waals surface area contributed by atoms with Gasteiger partial charge in [0.05, 0.1) is 5.02 Å². The Morgan fingerprint density at radius 1 is 1.10 bits per heavy atom. The summed E-state index contributed by atoms with van der Waals surface area (Å²) >= 11 is 18.3. The number of hydrogen-bond donors (Lipinski definition) is 1. The molecule has 0 saturated heterocycles. The molecule has 1 saturated carbocycles. The Labute approximate surface area is 197 Å². The van der Waals surface area contributed by atoms with E-state index in [-0.39, 0.29) is 31.0 Å². The van der Waals surface area contributed by atoms with Crippen LogP contribution in [0.15, 0.2) is 42.5 Å². The molecule has 1 atom stereocenters. The highest BCUT2D eigenvalue weighted by Gasteiger charge is 2.29. The molecule has 0 spiro atoms. The van der Waals surface area contributed by atoms with Crippen LogP contribution in [0.5, 0.6) is 5.75 Å². The van der Waals surface area contributed by atoms with Crippen LogP contribution in [0.25, 0.3) is 0 Å². The molecule has 2 aromatic carbocycles. The van der Waals surface area contributed by atoms with Gasteiger partial charge in [0, 0.05) is 22.6 Å². The van der Waals surface area contributed by atoms with Crippen molar-refractivity contribution in [2.45, 2.75) is 51.2 Å². The van der Waals surface area contributed by atoms with Gasteiger partial charge in [0.15, 0.2) is 6.61 Å². The van der Waals surface area contributed by atoms with E-state index in [4.69, 9.17) is 39.5 Å². The molecule has 3 rings (SSSR count). The summed E-state index contributed by atoms with van der Waals surface area (Å²) in [6.45, 7) is 1.64. The lowest BCUT2D eigenvalue weighted by molar-refractivity contribution is -0.142. The standard InChI is InChI=1S/C23H25Cl3N2O3/c1-15(23(30)27-18-7-3-4-8-18)28(13-16-6-2-5-9-19(16)25)22(29)14-31-21-11-10-17(24)12-20(21)26/h2,5-6,9-12,15,18H,3-4,7-8,13-14H2,1H3,(H,27,30). The molecule has 1 unspecified atom stereocenters. The third-order valence-electron chi connectivity index (χ3n) is 5.41. The fourth-order valence-electron chi connectivity index (χ4n) is 3.60. The molecule has 1 fully saturated rings. The van der Waals surface area contributed by atoms with E-state index in [1.54, 1.807) is 31.2 Å². The normalized spacial score (nSPS) is 14.8. The summed E-state index contributed by atoms with van der Waals surface area (Å²) in [5.74, 6) is -0.183. The molecule has 1 N–H and O–H groups in total. The van der Waals surface area contributed by atoms with Crippen molar-refractivity contribution in [2.24, 2.45) is 0 Å². The molecule has 31 heavy (non-hydrogen) atoms. The first-order valence-electron chi connectivity index (χ1n) is 10.3. The Kier molecular flexibility index (Phi) is 8.47. The van der Waals surface area contributed by atoms with Crippen LogP contribution < -0.4 is 10.1 Å². The molecule has 8 heteroatoms. The summed E-state index contributed by atoms with van der Waals surface area (Å²) in [6, 6.07) is 11.5. The van der Waals surface area contributed by atoms with Gasteiger partial charge in [0.1, 0.15) is 11.8 Å². The van der Waals surface area contributed by atoms with E-state index >= 15 is 0 Å². The fourth-order valence-corrected chi connectivity index (χ4v) is 4.26. The monoisotopic (exact) mass is 482 g/mol. The van der Waals surface area contributed by atoms with Crippen molar-refractivity contribution in [2.75, 3.05) is 6.61 Å². The van der Waals surface area contributed by atoms with Crippen LogP contribution in [0.4, 0.5) is 0 Å². The van der Waals surface area contributed by atoms with Crippen molar-refractivity contribution in [3.05, 3.63) is 63.1 Å². The minimum Gasteiger partial charge on any atom is -0.482 e.